The second-order valence-corrected chi connectivity index (χ2v) is 5.94. The van der Waals surface area contributed by atoms with Crippen molar-refractivity contribution in [3.63, 3.8) is 0 Å². The molecule has 2 rings (SSSR count). The van der Waals surface area contributed by atoms with Gasteiger partial charge in [-0.2, -0.15) is 0 Å². The van der Waals surface area contributed by atoms with Gasteiger partial charge in [0.2, 0.25) is 5.91 Å². The van der Waals surface area contributed by atoms with E-state index in [9.17, 15) is 4.79 Å². The van der Waals surface area contributed by atoms with E-state index in [1.165, 1.54) is 0 Å². The number of hydrogen-bond acceptors (Lipinski definition) is 3. The summed E-state index contributed by atoms with van der Waals surface area (Å²) in [5, 5.41) is 4.54. The number of amides is 1. The Morgan fingerprint density at radius 1 is 1.38 bits per heavy atom. The van der Waals surface area contributed by atoms with Gasteiger partial charge >= 0.3 is 0 Å². The number of morpholine rings is 1. The minimum Gasteiger partial charge on any atom is -0.378 e. The fourth-order valence-corrected chi connectivity index (χ4v) is 2.80. The van der Waals surface area contributed by atoms with Crippen LogP contribution in [0, 0.1) is 0 Å². The van der Waals surface area contributed by atoms with Crippen LogP contribution in [-0.2, 0) is 16.0 Å². The fraction of sp³-hybridized carbons (Fsp3) is 0.533. The van der Waals surface area contributed by atoms with Gasteiger partial charge in [-0.15, -0.1) is 0 Å². The van der Waals surface area contributed by atoms with Gasteiger partial charge in [-0.1, -0.05) is 29.3 Å². The maximum absolute atomic E-state index is 12.2. The molecule has 1 atom stereocenters. The van der Waals surface area contributed by atoms with Crippen LogP contribution >= 0.6 is 23.2 Å². The number of halogens is 2. The second kappa shape index (κ2) is 7.99. The Hall–Kier alpha value is -0.810. The predicted octanol–water partition coefficient (Wildman–Crippen LogP) is 2.37. The number of nitrogens with one attached hydrogen (secondary N) is 1. The molecule has 1 heterocycles. The topological polar surface area (TPSA) is 41.6 Å². The van der Waals surface area contributed by atoms with E-state index in [-0.39, 0.29) is 11.9 Å². The first kappa shape index (κ1) is 16.6. The lowest BCUT2D eigenvalue weighted by atomic mass is 10.1. The molecular weight excluding hydrogens is 311 g/mol. The summed E-state index contributed by atoms with van der Waals surface area (Å²) >= 11 is 12.0. The predicted molar refractivity (Wildman–Crippen MR) is 85.0 cm³/mol. The zero-order valence-electron chi connectivity index (χ0n) is 12.1. The van der Waals surface area contributed by atoms with Crippen LogP contribution in [0.2, 0.25) is 10.0 Å². The molecule has 1 N–H and O–H groups in total. The van der Waals surface area contributed by atoms with Gasteiger partial charge in [-0.3, -0.25) is 4.79 Å². The maximum Gasteiger partial charge on any atom is 0.239 e. The molecule has 6 heteroatoms. The minimum atomic E-state index is -0.200. The summed E-state index contributed by atoms with van der Waals surface area (Å²) in [6.07, 6.45) is 0.761. The van der Waals surface area contributed by atoms with Gasteiger partial charge in [-0.05, 0) is 37.6 Å². The Bertz CT molecular complexity index is 491. The minimum absolute atomic E-state index is 0.125. The quantitative estimate of drug-likeness (QED) is 0.901. The van der Waals surface area contributed by atoms with E-state index in [2.05, 4.69) is 5.32 Å². The first-order valence-corrected chi connectivity index (χ1v) is 7.87. The van der Waals surface area contributed by atoms with Crippen molar-refractivity contribution in [2.24, 2.45) is 0 Å². The van der Waals surface area contributed by atoms with Crippen molar-refractivity contribution in [1.29, 1.82) is 0 Å². The lowest BCUT2D eigenvalue weighted by molar-refractivity contribution is -0.137. The molecule has 1 aromatic rings. The van der Waals surface area contributed by atoms with Crippen molar-refractivity contribution < 1.29 is 9.53 Å². The average molecular weight is 331 g/mol. The van der Waals surface area contributed by atoms with Crippen LogP contribution in [0.25, 0.3) is 0 Å². The molecular formula is C15H20Cl2N2O2. The number of benzene rings is 1. The zero-order valence-corrected chi connectivity index (χ0v) is 13.6. The normalized spacial score (nSPS) is 16.8. The SMILES string of the molecule is CC(NCCc1ccc(Cl)cc1Cl)C(=O)N1CCOCC1. The number of nitrogens with zero attached hydrogens (tertiary/aromatic N) is 1. The highest BCUT2D eigenvalue weighted by atomic mass is 35.5. The lowest BCUT2D eigenvalue weighted by Gasteiger charge is -2.29. The Kier molecular flexibility index (Phi) is 6.30. The fourth-order valence-electron chi connectivity index (χ4n) is 2.29. The van der Waals surface area contributed by atoms with Gasteiger partial charge in [-0.25, -0.2) is 0 Å². The van der Waals surface area contributed by atoms with E-state index in [4.69, 9.17) is 27.9 Å². The smallest absolute Gasteiger partial charge is 0.239 e. The molecule has 1 aromatic carbocycles. The summed E-state index contributed by atoms with van der Waals surface area (Å²) in [5.74, 6) is 0.125. The molecule has 1 amide bonds. The van der Waals surface area contributed by atoms with Crippen molar-refractivity contribution in [3.8, 4) is 0 Å². The van der Waals surface area contributed by atoms with Gasteiger partial charge in [0.25, 0.3) is 0 Å². The van der Waals surface area contributed by atoms with Crippen molar-refractivity contribution in [1.82, 2.24) is 10.2 Å². The van der Waals surface area contributed by atoms with Crippen LogP contribution in [0.1, 0.15) is 12.5 Å². The van der Waals surface area contributed by atoms with E-state index in [0.717, 1.165) is 12.0 Å². The summed E-state index contributed by atoms with van der Waals surface area (Å²) in [5.41, 5.74) is 1.03. The lowest BCUT2D eigenvalue weighted by Crippen LogP contribution is -2.49. The van der Waals surface area contributed by atoms with E-state index >= 15 is 0 Å². The zero-order chi connectivity index (χ0) is 15.2. The van der Waals surface area contributed by atoms with Crippen LogP contribution in [0.5, 0.6) is 0 Å². The Morgan fingerprint density at radius 3 is 2.76 bits per heavy atom. The van der Waals surface area contributed by atoms with Crippen LogP contribution < -0.4 is 5.32 Å². The van der Waals surface area contributed by atoms with Gasteiger partial charge in [0.1, 0.15) is 0 Å². The molecule has 1 fully saturated rings. The van der Waals surface area contributed by atoms with Gasteiger partial charge < -0.3 is 15.0 Å². The molecule has 1 unspecified atom stereocenters. The van der Waals surface area contributed by atoms with E-state index in [1.54, 1.807) is 6.07 Å². The summed E-state index contributed by atoms with van der Waals surface area (Å²) in [6, 6.07) is 5.28. The number of rotatable bonds is 5. The molecule has 0 bridgehead atoms. The first-order valence-electron chi connectivity index (χ1n) is 7.12. The van der Waals surface area contributed by atoms with Crippen molar-refractivity contribution >= 4 is 29.1 Å². The highest BCUT2D eigenvalue weighted by molar-refractivity contribution is 6.35. The molecule has 0 spiro atoms. The molecule has 1 aliphatic rings. The Labute approximate surface area is 135 Å². The highest BCUT2D eigenvalue weighted by Crippen LogP contribution is 2.21. The molecule has 1 aliphatic heterocycles. The van der Waals surface area contributed by atoms with Crippen LogP contribution in [0.4, 0.5) is 0 Å². The summed E-state index contributed by atoms with van der Waals surface area (Å²) < 4.78 is 5.25. The molecule has 21 heavy (non-hydrogen) atoms. The monoisotopic (exact) mass is 330 g/mol. The van der Waals surface area contributed by atoms with Crippen molar-refractivity contribution in [2.45, 2.75) is 19.4 Å². The largest absolute Gasteiger partial charge is 0.378 e. The first-order chi connectivity index (χ1) is 10.1. The standard InChI is InChI=1S/C15H20Cl2N2O2/c1-11(15(20)19-6-8-21-9-7-19)18-5-4-12-2-3-13(16)10-14(12)17/h2-3,10-11,18H,4-9H2,1H3. The van der Waals surface area contributed by atoms with E-state index in [0.29, 0.717) is 42.9 Å². The van der Waals surface area contributed by atoms with Gasteiger partial charge in [0.15, 0.2) is 0 Å². The van der Waals surface area contributed by atoms with Gasteiger partial charge in [0.05, 0.1) is 19.3 Å². The second-order valence-electron chi connectivity index (χ2n) is 5.10. The van der Waals surface area contributed by atoms with E-state index < -0.39 is 0 Å². The molecule has 4 nitrogen and oxygen atoms in total. The Balaban J connectivity index is 1.78. The summed E-state index contributed by atoms with van der Waals surface area (Å²) in [6.45, 7) is 5.18. The van der Waals surface area contributed by atoms with E-state index in [1.807, 2.05) is 24.0 Å². The highest BCUT2D eigenvalue weighted by Gasteiger charge is 2.21. The number of hydrogen-bond donors (Lipinski definition) is 1. The summed E-state index contributed by atoms with van der Waals surface area (Å²) in [4.78, 5) is 14.1. The molecule has 116 valence electrons. The molecule has 0 aromatic heterocycles. The number of ether oxygens (including phenoxy) is 1. The third kappa shape index (κ3) is 4.85. The van der Waals surface area contributed by atoms with Crippen molar-refractivity contribution in [2.75, 3.05) is 32.8 Å². The molecule has 0 aliphatic carbocycles. The van der Waals surface area contributed by atoms with Gasteiger partial charge in [0, 0.05) is 23.1 Å². The molecule has 0 saturated carbocycles. The Morgan fingerprint density at radius 2 is 2.10 bits per heavy atom. The maximum atomic E-state index is 12.2. The molecule has 1 saturated heterocycles. The number of carbonyl (C=O) groups excluding carboxylic acids is 1. The number of carbonyl (C=O) groups is 1. The average Bonchev–Trinajstić information content (AvgIpc) is 2.49. The third-order valence-corrected chi connectivity index (χ3v) is 4.14. The van der Waals surface area contributed by atoms with Crippen LogP contribution in [-0.4, -0.2) is 49.7 Å². The van der Waals surface area contributed by atoms with Crippen LogP contribution in [0.3, 0.4) is 0 Å². The summed E-state index contributed by atoms with van der Waals surface area (Å²) in [7, 11) is 0. The third-order valence-electron chi connectivity index (χ3n) is 3.55. The molecule has 0 radical (unpaired) electrons. The van der Waals surface area contributed by atoms with Crippen LogP contribution in [0.15, 0.2) is 18.2 Å². The van der Waals surface area contributed by atoms with Crippen molar-refractivity contribution in [3.05, 3.63) is 33.8 Å².